The van der Waals surface area contributed by atoms with Crippen LogP contribution in [-0.2, 0) is 19.5 Å². The summed E-state index contributed by atoms with van der Waals surface area (Å²) < 4.78 is 5.87. The first-order valence-electron chi connectivity index (χ1n) is 9.09. The fourth-order valence-electron chi connectivity index (χ4n) is 3.36. The average molecular weight is 390 g/mol. The van der Waals surface area contributed by atoms with Gasteiger partial charge in [-0.1, -0.05) is 6.07 Å². The van der Waals surface area contributed by atoms with Crippen molar-refractivity contribution in [3.63, 3.8) is 0 Å². The molecule has 0 fully saturated rings. The van der Waals surface area contributed by atoms with Gasteiger partial charge in [-0.3, -0.25) is 4.90 Å². The highest BCUT2D eigenvalue weighted by Gasteiger charge is 2.21. The molecule has 1 aliphatic heterocycles. The first-order valence-corrected chi connectivity index (χ1v) is 9.97. The number of hydrogen-bond donors (Lipinski definition) is 0. The lowest BCUT2D eigenvalue weighted by Crippen LogP contribution is -2.31. The number of hydrogen-bond acceptors (Lipinski definition) is 8. The van der Waals surface area contributed by atoms with Gasteiger partial charge in [-0.15, -0.1) is 11.3 Å². The Hall–Kier alpha value is -2.97. The van der Waals surface area contributed by atoms with Crippen molar-refractivity contribution in [3.8, 4) is 22.2 Å². The minimum Gasteiger partial charge on any atom is -0.440 e. The Bertz CT molecular complexity index is 1090. The van der Waals surface area contributed by atoms with Crippen molar-refractivity contribution in [1.82, 2.24) is 29.8 Å². The highest BCUT2D eigenvalue weighted by Crippen LogP contribution is 2.27. The molecule has 5 heterocycles. The van der Waals surface area contributed by atoms with Crippen molar-refractivity contribution < 1.29 is 4.42 Å². The molecule has 4 aromatic rings. The van der Waals surface area contributed by atoms with Crippen molar-refractivity contribution in [1.29, 1.82) is 0 Å². The largest absolute Gasteiger partial charge is 0.440 e. The summed E-state index contributed by atoms with van der Waals surface area (Å²) >= 11 is 1.64. The van der Waals surface area contributed by atoms with Crippen LogP contribution in [0.5, 0.6) is 0 Å². The quantitative estimate of drug-likeness (QED) is 0.527. The lowest BCUT2D eigenvalue weighted by molar-refractivity contribution is 0.239. The Morgan fingerprint density at radius 2 is 2.07 bits per heavy atom. The Kier molecular flexibility index (Phi) is 4.42. The molecule has 0 aromatic carbocycles. The number of rotatable bonds is 4. The predicted molar refractivity (Wildman–Crippen MR) is 105 cm³/mol. The van der Waals surface area contributed by atoms with Gasteiger partial charge in [0.25, 0.3) is 0 Å². The fraction of sp³-hybridized carbons (Fsp3) is 0.250. The van der Waals surface area contributed by atoms with Crippen LogP contribution in [-0.4, -0.2) is 36.4 Å². The number of aromatic nitrogens is 5. The average Bonchev–Trinajstić information content (AvgIpc) is 3.39. The first-order chi connectivity index (χ1) is 13.8. The number of fused-ring (bicyclic) bond motifs is 1. The van der Waals surface area contributed by atoms with Crippen molar-refractivity contribution in [2.75, 3.05) is 6.54 Å². The Labute approximate surface area is 166 Å². The van der Waals surface area contributed by atoms with E-state index in [9.17, 15) is 0 Å². The maximum atomic E-state index is 5.87. The van der Waals surface area contributed by atoms with Crippen LogP contribution in [0.4, 0.5) is 0 Å². The normalized spacial score (nSPS) is 14.2. The zero-order valence-electron chi connectivity index (χ0n) is 15.4. The SMILES string of the molecule is Cc1oc(-c2cccs2)nc1CN1CCc2nc(-c3cncnc3)ncc2C1. The molecule has 28 heavy (non-hydrogen) atoms. The van der Waals surface area contributed by atoms with Gasteiger partial charge in [0.2, 0.25) is 5.89 Å². The van der Waals surface area contributed by atoms with Crippen molar-refractivity contribution in [2.24, 2.45) is 0 Å². The van der Waals surface area contributed by atoms with Crippen LogP contribution < -0.4 is 0 Å². The molecule has 0 radical (unpaired) electrons. The van der Waals surface area contributed by atoms with Crippen LogP contribution in [0.2, 0.25) is 0 Å². The predicted octanol–water partition coefficient (Wildman–Crippen LogP) is 3.52. The molecule has 1 aliphatic rings. The molecule has 7 nitrogen and oxygen atoms in total. The van der Waals surface area contributed by atoms with Gasteiger partial charge in [-0.2, -0.15) is 0 Å². The number of thiophene rings is 1. The number of oxazole rings is 1. The zero-order chi connectivity index (χ0) is 18.9. The van der Waals surface area contributed by atoms with Gasteiger partial charge in [0, 0.05) is 50.2 Å². The van der Waals surface area contributed by atoms with Crippen molar-refractivity contribution in [2.45, 2.75) is 26.4 Å². The van der Waals surface area contributed by atoms with E-state index < -0.39 is 0 Å². The van der Waals surface area contributed by atoms with Crippen LogP contribution in [0.1, 0.15) is 22.7 Å². The molecule has 8 heteroatoms. The molecule has 0 N–H and O–H groups in total. The number of aryl methyl sites for hydroxylation is 1. The maximum Gasteiger partial charge on any atom is 0.236 e. The molecule has 0 aliphatic carbocycles. The van der Waals surface area contributed by atoms with E-state index in [1.807, 2.05) is 30.6 Å². The van der Waals surface area contributed by atoms with Gasteiger partial charge in [-0.05, 0) is 18.4 Å². The lowest BCUT2D eigenvalue weighted by Gasteiger charge is -2.27. The van der Waals surface area contributed by atoms with Crippen LogP contribution in [0.15, 0.2) is 46.8 Å². The maximum absolute atomic E-state index is 5.87. The lowest BCUT2D eigenvalue weighted by atomic mass is 10.1. The summed E-state index contributed by atoms with van der Waals surface area (Å²) in [5.74, 6) is 2.27. The summed E-state index contributed by atoms with van der Waals surface area (Å²) in [7, 11) is 0. The summed E-state index contributed by atoms with van der Waals surface area (Å²) in [5, 5.41) is 2.03. The standard InChI is InChI=1S/C20H18N6OS/c1-13-17(25-20(27-13)18-3-2-6-28-18)11-26-5-4-16-15(10-26)9-23-19(24-16)14-7-21-12-22-8-14/h2-3,6-9,12H,4-5,10-11H2,1H3. The summed E-state index contributed by atoms with van der Waals surface area (Å²) in [6.45, 7) is 4.47. The molecule has 0 bridgehead atoms. The van der Waals surface area contributed by atoms with Crippen LogP contribution in [0.25, 0.3) is 22.2 Å². The molecule has 0 saturated carbocycles. The third-order valence-corrected chi connectivity index (χ3v) is 5.69. The Morgan fingerprint density at radius 1 is 1.18 bits per heavy atom. The highest BCUT2D eigenvalue weighted by molar-refractivity contribution is 7.13. The third-order valence-electron chi connectivity index (χ3n) is 4.83. The summed E-state index contributed by atoms with van der Waals surface area (Å²) in [6, 6.07) is 4.04. The summed E-state index contributed by atoms with van der Waals surface area (Å²) in [4.78, 5) is 25.5. The van der Waals surface area contributed by atoms with E-state index in [1.54, 1.807) is 23.7 Å². The second-order valence-electron chi connectivity index (χ2n) is 6.75. The smallest absolute Gasteiger partial charge is 0.236 e. The molecule has 4 aromatic heterocycles. The van der Waals surface area contributed by atoms with E-state index in [1.165, 1.54) is 6.33 Å². The van der Waals surface area contributed by atoms with E-state index in [4.69, 9.17) is 14.4 Å². The summed E-state index contributed by atoms with van der Waals surface area (Å²) in [5.41, 5.74) is 4.09. The highest BCUT2D eigenvalue weighted by atomic mass is 32.1. The van der Waals surface area contributed by atoms with E-state index in [2.05, 4.69) is 19.9 Å². The van der Waals surface area contributed by atoms with Crippen molar-refractivity contribution >= 4 is 11.3 Å². The molecule has 140 valence electrons. The summed E-state index contributed by atoms with van der Waals surface area (Å²) in [6.07, 6.45) is 7.79. The molecule has 5 rings (SSSR count). The van der Waals surface area contributed by atoms with E-state index >= 15 is 0 Å². The van der Waals surface area contributed by atoms with Gasteiger partial charge in [-0.25, -0.2) is 24.9 Å². The second-order valence-corrected chi connectivity index (χ2v) is 7.70. The minimum absolute atomic E-state index is 0.681. The number of nitrogens with zero attached hydrogens (tertiary/aromatic N) is 6. The molecular formula is C20H18N6OS. The molecule has 0 spiro atoms. The van der Waals surface area contributed by atoms with Gasteiger partial charge >= 0.3 is 0 Å². The third kappa shape index (κ3) is 3.32. The first kappa shape index (κ1) is 17.2. The topological polar surface area (TPSA) is 80.8 Å². The molecular weight excluding hydrogens is 372 g/mol. The monoisotopic (exact) mass is 390 g/mol. The fourth-order valence-corrected chi connectivity index (χ4v) is 4.00. The Balaban J connectivity index is 1.33. The molecule has 0 unspecified atom stereocenters. The second kappa shape index (κ2) is 7.21. The molecule has 0 atom stereocenters. The van der Waals surface area contributed by atoms with Gasteiger partial charge in [0.05, 0.1) is 21.8 Å². The van der Waals surface area contributed by atoms with Gasteiger partial charge in [0.1, 0.15) is 12.1 Å². The van der Waals surface area contributed by atoms with Crippen LogP contribution >= 0.6 is 11.3 Å². The Morgan fingerprint density at radius 3 is 2.89 bits per heavy atom. The van der Waals surface area contributed by atoms with Gasteiger partial charge < -0.3 is 4.42 Å². The zero-order valence-corrected chi connectivity index (χ0v) is 16.2. The van der Waals surface area contributed by atoms with Crippen LogP contribution in [0, 0.1) is 6.92 Å². The van der Waals surface area contributed by atoms with E-state index in [0.29, 0.717) is 11.7 Å². The van der Waals surface area contributed by atoms with Gasteiger partial charge in [0.15, 0.2) is 5.82 Å². The molecule has 0 saturated heterocycles. The minimum atomic E-state index is 0.681. The molecule has 0 amide bonds. The van der Waals surface area contributed by atoms with E-state index in [-0.39, 0.29) is 0 Å². The van der Waals surface area contributed by atoms with Crippen molar-refractivity contribution in [3.05, 3.63) is 65.1 Å². The van der Waals surface area contributed by atoms with E-state index in [0.717, 1.165) is 59.2 Å². The van der Waals surface area contributed by atoms with Crippen LogP contribution in [0.3, 0.4) is 0 Å².